The minimum absolute atomic E-state index is 0.230. The summed E-state index contributed by atoms with van der Waals surface area (Å²) in [5.41, 5.74) is 2.27. The van der Waals surface area contributed by atoms with Gasteiger partial charge in [-0.3, -0.25) is 9.36 Å². The lowest BCUT2D eigenvalue weighted by Crippen LogP contribution is -2.23. The van der Waals surface area contributed by atoms with Crippen LogP contribution in [0.4, 0.5) is 0 Å². The van der Waals surface area contributed by atoms with Gasteiger partial charge in [-0.15, -0.1) is 0 Å². The number of para-hydroxylation sites is 2. The Bertz CT molecular complexity index is 1370. The Kier molecular flexibility index (Phi) is 7.26. The standard InChI is InChI=1S/C26H28N4O6/c1-32-20-9-5-3-7-17(20)12-34-14-19-11-22(35-13-18-8-4-6-10-21(18)33-2)26(36-19)30-16-29-23-24(30)27-15-28-25(23)31/h3-10,15-16,19,22,26H,11-14H2,1-2H3,(H,27,28,31)/t19-,22?,26+/m0/s1. The number of nitrogens with zero attached hydrogens (tertiary/aromatic N) is 3. The van der Waals surface area contributed by atoms with Crippen LogP contribution < -0.4 is 15.0 Å². The van der Waals surface area contributed by atoms with E-state index >= 15 is 0 Å². The third-order valence-corrected chi connectivity index (χ3v) is 6.18. The number of benzene rings is 2. The number of rotatable bonds is 10. The first-order chi connectivity index (χ1) is 17.7. The van der Waals surface area contributed by atoms with Gasteiger partial charge in [0.05, 0.1) is 52.8 Å². The predicted octanol–water partition coefficient (Wildman–Crippen LogP) is 3.23. The molecule has 10 nitrogen and oxygen atoms in total. The van der Waals surface area contributed by atoms with Crippen LogP contribution in [0.1, 0.15) is 23.8 Å². The maximum absolute atomic E-state index is 12.2. The lowest BCUT2D eigenvalue weighted by molar-refractivity contribution is -0.0806. The molecule has 0 saturated carbocycles. The van der Waals surface area contributed by atoms with Crippen LogP contribution in [0.5, 0.6) is 11.5 Å². The highest BCUT2D eigenvalue weighted by atomic mass is 16.6. The van der Waals surface area contributed by atoms with Gasteiger partial charge in [0.25, 0.3) is 5.56 Å². The van der Waals surface area contributed by atoms with E-state index in [9.17, 15) is 4.79 Å². The summed E-state index contributed by atoms with van der Waals surface area (Å²) in [5, 5.41) is 0. The van der Waals surface area contributed by atoms with Crippen LogP contribution in [0.25, 0.3) is 11.2 Å². The summed E-state index contributed by atoms with van der Waals surface area (Å²) in [6.45, 7) is 1.10. The zero-order chi connectivity index (χ0) is 24.9. The minimum Gasteiger partial charge on any atom is -0.496 e. The molecule has 10 heteroatoms. The molecule has 2 aromatic heterocycles. The Balaban J connectivity index is 1.33. The first-order valence-corrected chi connectivity index (χ1v) is 11.7. The fourth-order valence-electron chi connectivity index (χ4n) is 4.41. The molecule has 0 aliphatic carbocycles. The van der Waals surface area contributed by atoms with E-state index in [1.807, 2.05) is 48.5 Å². The topological polar surface area (TPSA) is 110 Å². The second kappa shape index (κ2) is 10.9. The molecule has 5 rings (SSSR count). The summed E-state index contributed by atoms with van der Waals surface area (Å²) in [6.07, 6.45) is 2.43. The Labute approximate surface area is 207 Å². The lowest BCUT2D eigenvalue weighted by atomic mass is 10.1. The Morgan fingerprint density at radius 1 is 1.00 bits per heavy atom. The van der Waals surface area contributed by atoms with Crippen molar-refractivity contribution in [3.63, 3.8) is 0 Å². The van der Waals surface area contributed by atoms with Crippen molar-refractivity contribution in [3.8, 4) is 11.5 Å². The fourth-order valence-corrected chi connectivity index (χ4v) is 4.41. The second-order valence-electron chi connectivity index (χ2n) is 8.43. The molecular weight excluding hydrogens is 464 g/mol. The van der Waals surface area contributed by atoms with Gasteiger partial charge in [0, 0.05) is 17.5 Å². The molecule has 4 aromatic rings. The summed E-state index contributed by atoms with van der Waals surface area (Å²) >= 11 is 0. The van der Waals surface area contributed by atoms with Crippen molar-refractivity contribution >= 4 is 11.2 Å². The van der Waals surface area contributed by atoms with Gasteiger partial charge in [-0.05, 0) is 12.1 Å². The molecule has 1 N–H and O–H groups in total. The van der Waals surface area contributed by atoms with E-state index in [-0.39, 0.29) is 23.3 Å². The van der Waals surface area contributed by atoms with Gasteiger partial charge in [-0.2, -0.15) is 0 Å². The molecule has 3 atom stereocenters. The van der Waals surface area contributed by atoms with Crippen LogP contribution in [0, 0.1) is 0 Å². The van der Waals surface area contributed by atoms with Gasteiger partial charge in [-0.25, -0.2) is 9.97 Å². The molecule has 1 saturated heterocycles. The van der Waals surface area contributed by atoms with Gasteiger partial charge in [0.2, 0.25) is 0 Å². The molecule has 1 unspecified atom stereocenters. The van der Waals surface area contributed by atoms with Crippen molar-refractivity contribution in [1.29, 1.82) is 0 Å². The number of hydrogen-bond donors (Lipinski definition) is 1. The van der Waals surface area contributed by atoms with Crippen LogP contribution in [0.3, 0.4) is 0 Å². The summed E-state index contributed by atoms with van der Waals surface area (Å²) in [4.78, 5) is 23.3. The van der Waals surface area contributed by atoms with Crippen molar-refractivity contribution < 1.29 is 23.7 Å². The molecule has 1 fully saturated rings. The molecule has 36 heavy (non-hydrogen) atoms. The maximum atomic E-state index is 12.2. The van der Waals surface area contributed by atoms with E-state index in [1.165, 1.54) is 6.33 Å². The van der Waals surface area contributed by atoms with E-state index in [4.69, 9.17) is 23.7 Å². The van der Waals surface area contributed by atoms with Gasteiger partial charge in [0.15, 0.2) is 17.4 Å². The quantitative estimate of drug-likeness (QED) is 0.359. The number of aromatic nitrogens is 4. The minimum atomic E-state index is -0.529. The van der Waals surface area contributed by atoms with E-state index in [0.717, 1.165) is 22.6 Å². The number of hydrogen-bond acceptors (Lipinski definition) is 8. The number of aromatic amines is 1. The normalized spacial score (nSPS) is 19.6. The van der Waals surface area contributed by atoms with E-state index in [0.29, 0.717) is 31.9 Å². The van der Waals surface area contributed by atoms with Gasteiger partial charge in [0.1, 0.15) is 17.6 Å². The first-order valence-electron chi connectivity index (χ1n) is 11.7. The molecule has 0 radical (unpaired) electrons. The number of methoxy groups -OCH3 is 2. The van der Waals surface area contributed by atoms with Crippen molar-refractivity contribution in [2.24, 2.45) is 0 Å². The average Bonchev–Trinajstić information content (AvgIpc) is 3.52. The Hall–Kier alpha value is -3.73. The highest BCUT2D eigenvalue weighted by molar-refractivity contribution is 5.68. The SMILES string of the molecule is COc1ccccc1COC[C@@H]1CC(OCc2ccccc2OC)[C@H](n2cnc3c(=O)[nH]cnc32)O1. The third kappa shape index (κ3) is 4.97. The molecule has 0 bridgehead atoms. The lowest BCUT2D eigenvalue weighted by Gasteiger charge is -2.21. The molecule has 2 aromatic carbocycles. The summed E-state index contributed by atoms with van der Waals surface area (Å²) < 4.78 is 31.3. The van der Waals surface area contributed by atoms with Crippen molar-refractivity contribution in [1.82, 2.24) is 19.5 Å². The van der Waals surface area contributed by atoms with Gasteiger partial charge in [-0.1, -0.05) is 36.4 Å². The van der Waals surface area contributed by atoms with Crippen LogP contribution in [-0.4, -0.2) is 52.6 Å². The molecule has 1 aliphatic heterocycles. The largest absolute Gasteiger partial charge is 0.496 e. The van der Waals surface area contributed by atoms with Gasteiger partial charge >= 0.3 is 0 Å². The zero-order valence-electron chi connectivity index (χ0n) is 20.1. The van der Waals surface area contributed by atoms with Crippen LogP contribution in [0.2, 0.25) is 0 Å². The van der Waals surface area contributed by atoms with Crippen LogP contribution in [-0.2, 0) is 27.4 Å². The smallest absolute Gasteiger partial charge is 0.278 e. The number of fused-ring (bicyclic) bond motifs is 1. The van der Waals surface area contributed by atoms with Crippen molar-refractivity contribution in [2.75, 3.05) is 20.8 Å². The highest BCUT2D eigenvalue weighted by Crippen LogP contribution is 2.34. The molecule has 3 heterocycles. The predicted molar refractivity (Wildman–Crippen MR) is 131 cm³/mol. The molecular formula is C26H28N4O6. The van der Waals surface area contributed by atoms with Gasteiger partial charge < -0.3 is 28.7 Å². The molecule has 0 spiro atoms. The highest BCUT2D eigenvalue weighted by Gasteiger charge is 2.38. The van der Waals surface area contributed by atoms with E-state index in [1.54, 1.807) is 25.1 Å². The van der Waals surface area contributed by atoms with E-state index < -0.39 is 6.23 Å². The third-order valence-electron chi connectivity index (χ3n) is 6.18. The van der Waals surface area contributed by atoms with Crippen LogP contribution in [0.15, 0.2) is 66.0 Å². The summed E-state index contributed by atoms with van der Waals surface area (Å²) in [6, 6.07) is 15.5. The molecule has 188 valence electrons. The zero-order valence-corrected chi connectivity index (χ0v) is 20.1. The number of ether oxygens (including phenoxy) is 5. The van der Waals surface area contributed by atoms with Crippen molar-refractivity contribution in [3.05, 3.63) is 82.7 Å². The molecule has 0 amide bonds. The monoisotopic (exact) mass is 492 g/mol. The van der Waals surface area contributed by atoms with Crippen molar-refractivity contribution in [2.45, 2.75) is 38.1 Å². The number of imidazole rings is 1. The summed E-state index contributed by atoms with van der Waals surface area (Å²) in [5.74, 6) is 1.54. The molecule has 1 aliphatic rings. The Morgan fingerprint density at radius 2 is 1.69 bits per heavy atom. The maximum Gasteiger partial charge on any atom is 0.278 e. The number of nitrogens with one attached hydrogen (secondary N) is 1. The van der Waals surface area contributed by atoms with E-state index in [2.05, 4.69) is 15.0 Å². The van der Waals surface area contributed by atoms with Crippen LogP contribution >= 0.6 is 0 Å². The fraction of sp³-hybridized carbons (Fsp3) is 0.346. The second-order valence-corrected chi connectivity index (χ2v) is 8.43. The average molecular weight is 493 g/mol. The Morgan fingerprint density at radius 3 is 2.42 bits per heavy atom. The number of H-pyrrole nitrogens is 1. The summed E-state index contributed by atoms with van der Waals surface area (Å²) in [7, 11) is 3.28. The first kappa shape index (κ1) is 24.0.